The number of pyridine rings is 1. The summed E-state index contributed by atoms with van der Waals surface area (Å²) in [5, 5.41) is 5.53. The Labute approximate surface area is 196 Å². The van der Waals surface area contributed by atoms with Crippen LogP contribution in [-0.4, -0.2) is 33.1 Å². The first-order chi connectivity index (χ1) is 15.9. The van der Waals surface area contributed by atoms with Crippen LogP contribution in [0.1, 0.15) is 72.5 Å². The van der Waals surface area contributed by atoms with Crippen molar-refractivity contribution in [3.05, 3.63) is 70.4 Å². The number of piperidine rings is 1. The van der Waals surface area contributed by atoms with Gasteiger partial charge in [0.05, 0.1) is 11.4 Å². The monoisotopic (exact) mass is 442 g/mol. The molecule has 0 spiro atoms. The van der Waals surface area contributed by atoms with E-state index in [1.54, 1.807) is 0 Å². The molecule has 0 amide bonds. The van der Waals surface area contributed by atoms with Crippen molar-refractivity contribution < 1.29 is 4.52 Å². The highest BCUT2D eigenvalue weighted by Crippen LogP contribution is 2.38. The average Bonchev–Trinajstić information content (AvgIpc) is 3.36. The number of hydrogen-bond donors (Lipinski definition) is 1. The molecule has 0 saturated carbocycles. The van der Waals surface area contributed by atoms with Crippen molar-refractivity contribution >= 4 is 10.9 Å². The predicted molar refractivity (Wildman–Crippen MR) is 134 cm³/mol. The van der Waals surface area contributed by atoms with Crippen molar-refractivity contribution in [2.75, 3.05) is 13.1 Å². The summed E-state index contributed by atoms with van der Waals surface area (Å²) in [4.78, 5) is 10.8. The van der Waals surface area contributed by atoms with E-state index in [-0.39, 0.29) is 0 Å². The summed E-state index contributed by atoms with van der Waals surface area (Å²) < 4.78 is 5.23. The molecule has 5 nitrogen and oxygen atoms in total. The van der Waals surface area contributed by atoms with Crippen LogP contribution in [0.2, 0.25) is 0 Å². The molecular formula is C28H34N4O. The lowest BCUT2D eigenvalue weighted by Crippen LogP contribution is -2.32. The maximum atomic E-state index is 5.23. The number of aromatic amines is 1. The highest BCUT2D eigenvalue weighted by atomic mass is 16.5. The van der Waals surface area contributed by atoms with E-state index in [0.717, 1.165) is 42.5 Å². The second-order valence-corrected chi connectivity index (χ2v) is 9.99. The lowest BCUT2D eigenvalue weighted by atomic mass is 9.87. The largest absolute Gasteiger partial charge is 0.361 e. The molecule has 0 atom stereocenters. The van der Waals surface area contributed by atoms with Crippen molar-refractivity contribution in [3.8, 4) is 11.3 Å². The van der Waals surface area contributed by atoms with Gasteiger partial charge in [-0.2, -0.15) is 0 Å². The van der Waals surface area contributed by atoms with Crippen molar-refractivity contribution in [3.63, 3.8) is 0 Å². The molecule has 1 aromatic carbocycles. The first-order valence-corrected chi connectivity index (χ1v) is 12.1. The van der Waals surface area contributed by atoms with Gasteiger partial charge in [0, 0.05) is 40.5 Å². The number of likely N-dealkylation sites (tertiary alicyclic amines) is 1. The summed E-state index contributed by atoms with van der Waals surface area (Å²) in [7, 11) is 0. The lowest BCUT2D eigenvalue weighted by molar-refractivity contribution is 0.199. The van der Waals surface area contributed by atoms with E-state index >= 15 is 0 Å². The summed E-state index contributed by atoms with van der Waals surface area (Å²) in [5.41, 5.74) is 9.74. The summed E-state index contributed by atoms with van der Waals surface area (Å²) in [5.74, 6) is 1.93. The van der Waals surface area contributed by atoms with Crippen molar-refractivity contribution in [2.24, 2.45) is 0 Å². The molecule has 3 aromatic heterocycles. The number of hydrogen-bond acceptors (Lipinski definition) is 4. The summed E-state index contributed by atoms with van der Waals surface area (Å²) in [6.07, 6.45) is 2.36. The van der Waals surface area contributed by atoms with Gasteiger partial charge in [-0.05, 0) is 93.9 Å². The quantitative estimate of drug-likeness (QED) is 0.376. The summed E-state index contributed by atoms with van der Waals surface area (Å²) in [6.45, 7) is 13.8. The third kappa shape index (κ3) is 4.47. The number of aromatic nitrogens is 3. The van der Waals surface area contributed by atoms with Crippen molar-refractivity contribution in [1.29, 1.82) is 0 Å². The Balaban J connectivity index is 1.41. The Kier molecular flexibility index (Phi) is 5.83. The maximum Gasteiger partial charge on any atom is 0.133 e. The highest BCUT2D eigenvalue weighted by molar-refractivity contribution is 5.92. The maximum absolute atomic E-state index is 5.23. The zero-order chi connectivity index (χ0) is 23.1. The van der Waals surface area contributed by atoms with Crippen LogP contribution < -0.4 is 0 Å². The highest BCUT2D eigenvalue weighted by Gasteiger charge is 2.23. The van der Waals surface area contributed by atoms with Gasteiger partial charge in [-0.3, -0.25) is 9.88 Å². The molecule has 33 heavy (non-hydrogen) atoms. The van der Waals surface area contributed by atoms with Gasteiger partial charge >= 0.3 is 0 Å². The molecule has 0 bridgehead atoms. The molecular weight excluding hydrogens is 408 g/mol. The van der Waals surface area contributed by atoms with Crippen LogP contribution in [-0.2, 0) is 6.54 Å². The van der Waals surface area contributed by atoms with Crippen LogP contribution in [0.15, 0.2) is 40.9 Å². The normalized spacial score (nSPS) is 15.7. The Morgan fingerprint density at radius 1 is 1.03 bits per heavy atom. The fourth-order valence-corrected chi connectivity index (χ4v) is 5.44. The molecule has 4 heterocycles. The van der Waals surface area contributed by atoms with Crippen LogP contribution in [0.3, 0.4) is 0 Å². The second-order valence-electron chi connectivity index (χ2n) is 9.99. The van der Waals surface area contributed by atoms with E-state index < -0.39 is 0 Å². The Hall–Kier alpha value is -2.92. The number of H-pyrrole nitrogens is 1. The van der Waals surface area contributed by atoms with Gasteiger partial charge in [0.15, 0.2) is 0 Å². The average molecular weight is 443 g/mol. The Bertz CT molecular complexity index is 1250. The molecule has 1 aliphatic heterocycles. The van der Waals surface area contributed by atoms with Crippen molar-refractivity contribution in [2.45, 2.75) is 65.8 Å². The number of rotatable bonds is 5. The molecule has 1 saturated heterocycles. The van der Waals surface area contributed by atoms with Gasteiger partial charge < -0.3 is 9.51 Å². The summed E-state index contributed by atoms with van der Waals surface area (Å²) >= 11 is 0. The van der Waals surface area contributed by atoms with E-state index in [1.165, 1.54) is 46.1 Å². The van der Waals surface area contributed by atoms with E-state index in [0.29, 0.717) is 11.8 Å². The molecule has 0 unspecified atom stereocenters. The smallest absolute Gasteiger partial charge is 0.133 e. The van der Waals surface area contributed by atoms with Gasteiger partial charge in [0.2, 0.25) is 0 Å². The first kappa shape index (κ1) is 21.9. The topological polar surface area (TPSA) is 58.0 Å². The summed E-state index contributed by atoms with van der Waals surface area (Å²) in [6, 6.07) is 13.5. The molecule has 1 aliphatic rings. The molecule has 5 rings (SSSR count). The predicted octanol–water partition coefficient (Wildman–Crippen LogP) is 6.65. The van der Waals surface area contributed by atoms with E-state index in [9.17, 15) is 0 Å². The van der Waals surface area contributed by atoms with Crippen LogP contribution in [0, 0.1) is 20.8 Å². The molecule has 0 aliphatic carbocycles. The number of nitrogens with zero attached hydrogens (tertiary/aromatic N) is 3. The minimum atomic E-state index is 0.436. The molecule has 4 aromatic rings. The fourth-order valence-electron chi connectivity index (χ4n) is 5.44. The number of benzene rings is 1. The van der Waals surface area contributed by atoms with Gasteiger partial charge in [0.25, 0.3) is 0 Å². The molecule has 172 valence electrons. The SMILES string of the molecule is Cc1cc(-c2[nH]c3ccc(C4CCN(Cc5cc(C)on5)CC4)cc3c2C(C)C)cc(C)n1. The zero-order valence-electron chi connectivity index (χ0n) is 20.4. The van der Waals surface area contributed by atoms with Gasteiger partial charge in [0.1, 0.15) is 5.76 Å². The van der Waals surface area contributed by atoms with Gasteiger partial charge in [-0.15, -0.1) is 0 Å². The molecule has 1 N–H and O–H groups in total. The third-order valence-corrected chi connectivity index (χ3v) is 6.93. The first-order valence-electron chi connectivity index (χ1n) is 12.1. The van der Waals surface area contributed by atoms with E-state index in [4.69, 9.17) is 4.52 Å². The van der Waals surface area contributed by atoms with Gasteiger partial charge in [-0.1, -0.05) is 25.1 Å². The van der Waals surface area contributed by atoms with E-state index in [2.05, 4.69) is 78.1 Å². The van der Waals surface area contributed by atoms with Crippen LogP contribution in [0.4, 0.5) is 0 Å². The van der Waals surface area contributed by atoms with E-state index in [1.807, 2.05) is 13.0 Å². The lowest BCUT2D eigenvalue weighted by Gasteiger charge is -2.31. The molecule has 1 fully saturated rings. The zero-order valence-corrected chi connectivity index (χ0v) is 20.4. The number of nitrogens with one attached hydrogen (secondary N) is 1. The Morgan fingerprint density at radius 3 is 2.39 bits per heavy atom. The number of aryl methyl sites for hydroxylation is 3. The second kappa shape index (κ2) is 8.79. The Morgan fingerprint density at radius 2 is 1.76 bits per heavy atom. The fraction of sp³-hybridized carbons (Fsp3) is 0.429. The van der Waals surface area contributed by atoms with Crippen LogP contribution >= 0.6 is 0 Å². The number of fused-ring (bicyclic) bond motifs is 1. The minimum Gasteiger partial charge on any atom is -0.361 e. The third-order valence-electron chi connectivity index (χ3n) is 6.93. The molecule has 0 radical (unpaired) electrons. The minimum absolute atomic E-state index is 0.436. The van der Waals surface area contributed by atoms with Crippen LogP contribution in [0.5, 0.6) is 0 Å². The standard InChI is InChI=1S/C28H34N4O/c1-17(2)27-25-15-22(21-8-10-32(11-9-21)16-24-14-20(5)33-31-24)6-7-26(25)30-28(27)23-12-18(3)29-19(4)13-23/h6-7,12-15,17,21,30H,8-11,16H2,1-5H3. The van der Waals surface area contributed by atoms with Gasteiger partial charge in [-0.25, -0.2) is 0 Å². The molecule has 5 heteroatoms. The van der Waals surface area contributed by atoms with Crippen molar-refractivity contribution in [1.82, 2.24) is 20.0 Å². The van der Waals surface area contributed by atoms with Crippen LogP contribution in [0.25, 0.3) is 22.2 Å².